The number of H-pyrrole nitrogens is 1. The first-order valence-electron chi connectivity index (χ1n) is 7.72. The molecule has 10 heteroatoms. The van der Waals surface area contributed by atoms with Gasteiger partial charge in [0.05, 0.1) is 10.9 Å². The van der Waals surface area contributed by atoms with Gasteiger partial charge in [-0.2, -0.15) is 4.31 Å². The van der Waals surface area contributed by atoms with Crippen molar-refractivity contribution in [3.63, 3.8) is 0 Å². The van der Waals surface area contributed by atoms with Gasteiger partial charge in [-0.3, -0.25) is 4.90 Å². The fraction of sp³-hybridized carbons (Fsp3) is 0.400. The van der Waals surface area contributed by atoms with Crippen molar-refractivity contribution in [1.29, 1.82) is 0 Å². The Morgan fingerprint density at radius 2 is 1.92 bits per heavy atom. The molecule has 0 spiro atoms. The molecule has 1 aliphatic heterocycles. The van der Waals surface area contributed by atoms with Gasteiger partial charge in [-0.05, 0) is 18.7 Å². The topological polar surface area (TPSA) is 69.3 Å². The molecule has 1 saturated heterocycles. The molecule has 25 heavy (non-hydrogen) atoms. The number of aromatic nitrogens is 2. The quantitative estimate of drug-likeness (QED) is 0.830. The first-order chi connectivity index (χ1) is 11.8. The van der Waals surface area contributed by atoms with E-state index in [1.54, 1.807) is 12.4 Å². The number of imidazole rings is 1. The average molecular weight is 374 g/mol. The summed E-state index contributed by atoms with van der Waals surface area (Å²) in [6.45, 7) is 3.31. The highest BCUT2D eigenvalue weighted by molar-refractivity contribution is 7.89. The Labute approximate surface area is 143 Å². The lowest BCUT2D eigenvalue weighted by Gasteiger charge is -2.39. The summed E-state index contributed by atoms with van der Waals surface area (Å²) in [5.41, 5.74) is 0. The molecule has 0 aliphatic carbocycles. The van der Waals surface area contributed by atoms with E-state index in [0.29, 0.717) is 31.0 Å². The van der Waals surface area contributed by atoms with Crippen LogP contribution in [-0.2, 0) is 10.0 Å². The van der Waals surface area contributed by atoms with Crippen LogP contribution in [0, 0.1) is 17.5 Å². The van der Waals surface area contributed by atoms with E-state index < -0.39 is 32.4 Å². The predicted octanol–water partition coefficient (Wildman–Crippen LogP) is 1.89. The molecule has 136 valence electrons. The maximum atomic E-state index is 13.4. The van der Waals surface area contributed by atoms with Crippen LogP contribution in [0.4, 0.5) is 13.2 Å². The summed E-state index contributed by atoms with van der Waals surface area (Å²) in [6.07, 6.45) is 3.21. The van der Waals surface area contributed by atoms with Gasteiger partial charge in [-0.15, -0.1) is 0 Å². The monoisotopic (exact) mass is 374 g/mol. The summed E-state index contributed by atoms with van der Waals surface area (Å²) in [7, 11) is -4.16. The van der Waals surface area contributed by atoms with Crippen LogP contribution in [0.5, 0.6) is 0 Å². The van der Waals surface area contributed by atoms with Gasteiger partial charge >= 0.3 is 0 Å². The number of hydrogen-bond donors (Lipinski definition) is 1. The highest BCUT2D eigenvalue weighted by Crippen LogP contribution is 2.28. The summed E-state index contributed by atoms with van der Waals surface area (Å²) in [5.74, 6) is -4.15. The van der Waals surface area contributed by atoms with E-state index in [-0.39, 0.29) is 19.1 Å². The Morgan fingerprint density at radius 1 is 1.24 bits per heavy atom. The van der Waals surface area contributed by atoms with Gasteiger partial charge in [-0.25, -0.2) is 26.6 Å². The van der Waals surface area contributed by atoms with Crippen LogP contribution in [0.15, 0.2) is 29.4 Å². The van der Waals surface area contributed by atoms with E-state index >= 15 is 0 Å². The smallest absolute Gasteiger partial charge is 0.243 e. The molecule has 0 saturated carbocycles. The number of likely N-dealkylation sites (N-methyl/N-ethyl adjacent to an activating group) is 1. The van der Waals surface area contributed by atoms with Crippen molar-refractivity contribution in [1.82, 2.24) is 19.2 Å². The van der Waals surface area contributed by atoms with Crippen molar-refractivity contribution in [3.8, 4) is 0 Å². The number of piperazine rings is 1. The number of nitrogens with one attached hydrogen (secondary N) is 1. The number of hydrogen-bond acceptors (Lipinski definition) is 4. The largest absolute Gasteiger partial charge is 0.347 e. The fourth-order valence-electron chi connectivity index (χ4n) is 2.94. The van der Waals surface area contributed by atoms with Crippen LogP contribution in [0.2, 0.25) is 0 Å². The normalized spacial score (nSPS) is 20.1. The number of halogens is 3. The molecule has 2 heterocycles. The third-order valence-electron chi connectivity index (χ3n) is 4.29. The van der Waals surface area contributed by atoms with Crippen molar-refractivity contribution in [2.24, 2.45) is 0 Å². The highest BCUT2D eigenvalue weighted by atomic mass is 32.2. The van der Waals surface area contributed by atoms with Crippen LogP contribution in [0.1, 0.15) is 18.8 Å². The van der Waals surface area contributed by atoms with E-state index in [0.717, 1.165) is 4.31 Å². The Hall–Kier alpha value is -1.91. The molecule has 1 aromatic carbocycles. The third-order valence-corrected chi connectivity index (χ3v) is 6.13. The lowest BCUT2D eigenvalue weighted by Crippen LogP contribution is -2.50. The summed E-state index contributed by atoms with van der Waals surface area (Å²) in [4.78, 5) is 8.59. The zero-order valence-electron chi connectivity index (χ0n) is 13.4. The Balaban J connectivity index is 1.93. The third kappa shape index (κ3) is 3.29. The Kier molecular flexibility index (Phi) is 4.85. The first kappa shape index (κ1) is 17.9. The van der Waals surface area contributed by atoms with E-state index in [9.17, 15) is 21.6 Å². The second-order valence-corrected chi connectivity index (χ2v) is 7.62. The number of nitrogens with zero attached hydrogens (tertiary/aromatic N) is 3. The van der Waals surface area contributed by atoms with Gasteiger partial charge in [0.15, 0.2) is 17.5 Å². The van der Waals surface area contributed by atoms with Crippen molar-refractivity contribution in [2.45, 2.75) is 17.9 Å². The SMILES string of the molecule is CCN1CCN(S(=O)(=O)c2cc(F)c(F)c(F)c2)C[C@H]1c1ncc[nH]1. The van der Waals surface area contributed by atoms with Gasteiger partial charge in [0.2, 0.25) is 10.0 Å². The molecular formula is C15H17F3N4O2S. The lowest BCUT2D eigenvalue weighted by molar-refractivity contribution is 0.119. The van der Waals surface area contributed by atoms with Gasteiger partial charge in [0.25, 0.3) is 0 Å². The summed E-state index contributed by atoms with van der Waals surface area (Å²) >= 11 is 0. The van der Waals surface area contributed by atoms with Gasteiger partial charge in [0.1, 0.15) is 5.82 Å². The van der Waals surface area contributed by atoms with Crippen LogP contribution in [-0.4, -0.2) is 53.8 Å². The molecule has 1 atom stereocenters. The molecule has 2 aromatic rings. The van der Waals surface area contributed by atoms with Crippen LogP contribution in [0.3, 0.4) is 0 Å². The maximum Gasteiger partial charge on any atom is 0.243 e. The summed E-state index contributed by atoms with van der Waals surface area (Å²) in [6, 6.07) is 0.697. The molecule has 3 rings (SSSR count). The molecule has 0 amide bonds. The molecule has 0 unspecified atom stereocenters. The van der Waals surface area contributed by atoms with E-state index in [2.05, 4.69) is 14.9 Å². The van der Waals surface area contributed by atoms with Crippen LogP contribution in [0.25, 0.3) is 0 Å². The van der Waals surface area contributed by atoms with Crippen LogP contribution >= 0.6 is 0 Å². The minimum Gasteiger partial charge on any atom is -0.347 e. The molecule has 1 fully saturated rings. The Morgan fingerprint density at radius 3 is 2.48 bits per heavy atom. The minimum absolute atomic E-state index is 0.0737. The molecular weight excluding hydrogens is 357 g/mol. The highest BCUT2D eigenvalue weighted by Gasteiger charge is 2.36. The maximum absolute atomic E-state index is 13.4. The Bertz CT molecular complexity index is 835. The van der Waals surface area contributed by atoms with E-state index in [4.69, 9.17) is 0 Å². The predicted molar refractivity (Wildman–Crippen MR) is 83.7 cm³/mol. The second-order valence-electron chi connectivity index (χ2n) is 5.68. The zero-order valence-corrected chi connectivity index (χ0v) is 14.2. The van der Waals surface area contributed by atoms with Crippen molar-refractivity contribution in [3.05, 3.63) is 47.8 Å². The molecule has 0 radical (unpaired) electrons. The van der Waals surface area contributed by atoms with Crippen molar-refractivity contribution < 1.29 is 21.6 Å². The fourth-order valence-corrected chi connectivity index (χ4v) is 4.40. The standard InChI is InChI=1S/C15H17F3N4O2S/c1-2-21-5-6-22(9-13(21)15-19-3-4-20-15)25(23,24)10-7-11(16)14(18)12(17)8-10/h3-4,7-8,13H,2,5-6,9H2,1H3,(H,19,20)/t13-/m0/s1. The molecule has 1 aliphatic rings. The lowest BCUT2D eigenvalue weighted by atomic mass is 10.2. The van der Waals surface area contributed by atoms with Crippen molar-refractivity contribution in [2.75, 3.05) is 26.2 Å². The first-order valence-corrected chi connectivity index (χ1v) is 9.16. The number of aromatic amines is 1. The molecule has 1 N–H and O–H groups in total. The van der Waals surface area contributed by atoms with Gasteiger partial charge in [-0.1, -0.05) is 6.92 Å². The number of rotatable bonds is 4. The molecule has 1 aromatic heterocycles. The minimum atomic E-state index is -4.16. The average Bonchev–Trinajstić information content (AvgIpc) is 3.13. The van der Waals surface area contributed by atoms with E-state index in [1.807, 2.05) is 6.92 Å². The van der Waals surface area contributed by atoms with Gasteiger partial charge in [0, 0.05) is 32.0 Å². The second kappa shape index (κ2) is 6.77. The number of benzene rings is 1. The van der Waals surface area contributed by atoms with Crippen LogP contribution < -0.4 is 0 Å². The zero-order chi connectivity index (χ0) is 18.2. The van der Waals surface area contributed by atoms with E-state index in [1.165, 1.54) is 0 Å². The molecule has 0 bridgehead atoms. The number of sulfonamides is 1. The summed E-state index contributed by atoms with van der Waals surface area (Å²) < 4.78 is 66.6. The van der Waals surface area contributed by atoms with Gasteiger partial charge < -0.3 is 4.98 Å². The molecule has 6 nitrogen and oxygen atoms in total. The summed E-state index contributed by atoms with van der Waals surface area (Å²) in [5, 5.41) is 0. The van der Waals surface area contributed by atoms with Crippen molar-refractivity contribution >= 4 is 10.0 Å².